The molecule has 8 heavy (non-hydrogen) atoms. The number of rotatable bonds is 3. The molecule has 0 aliphatic heterocycles. The Hall–Kier alpha value is 0.210. The molecular weight excluding hydrogens is 126 g/mol. The Bertz CT molecular complexity index is 58.4. The van der Waals surface area contributed by atoms with Crippen LogP contribution in [-0.4, -0.2) is 42.6 Å². The van der Waals surface area contributed by atoms with Crippen molar-refractivity contribution < 1.29 is 5.11 Å². The summed E-state index contributed by atoms with van der Waals surface area (Å²) in [5.41, 5.74) is 0. The van der Waals surface area contributed by atoms with Crippen LogP contribution in [-0.2, 0) is 0 Å². The summed E-state index contributed by atoms with van der Waals surface area (Å²) in [7, 11) is 3.84. The molecule has 1 atom stereocenters. The van der Waals surface area contributed by atoms with Crippen LogP contribution in [0, 0.1) is 0 Å². The molecule has 0 aliphatic rings. The maximum atomic E-state index is 8.43. The minimum Gasteiger partial charge on any atom is -0.395 e. The van der Waals surface area contributed by atoms with Crippen molar-refractivity contribution in [1.29, 1.82) is 0 Å². The first kappa shape index (κ1) is 8.21. The first-order valence-corrected chi connectivity index (χ1v) is 3.00. The lowest BCUT2D eigenvalue weighted by Gasteiger charge is -2.11. The Labute approximate surface area is 55.1 Å². The van der Waals surface area contributed by atoms with Gasteiger partial charge in [0.25, 0.3) is 0 Å². The van der Waals surface area contributed by atoms with Gasteiger partial charge in [-0.3, -0.25) is 0 Å². The molecule has 0 aliphatic carbocycles. The minimum atomic E-state index is -0.120. The standard InChI is InChI=1S/C5H12ClNO/c1-7(2)3-5(6)4-8/h5,8H,3-4H2,1-2H3. The molecule has 0 fully saturated rings. The summed E-state index contributed by atoms with van der Waals surface area (Å²) in [6.45, 7) is 0.789. The number of aliphatic hydroxyl groups excluding tert-OH is 1. The maximum absolute atomic E-state index is 8.43. The average Bonchev–Trinajstić information content (AvgIpc) is 1.65. The lowest BCUT2D eigenvalue weighted by atomic mass is 10.4. The zero-order valence-electron chi connectivity index (χ0n) is 5.26. The molecule has 0 amide bonds. The normalized spacial score (nSPS) is 14.6. The molecule has 50 valence electrons. The summed E-state index contributed by atoms with van der Waals surface area (Å²) in [4.78, 5) is 1.94. The zero-order chi connectivity index (χ0) is 6.57. The molecule has 0 rings (SSSR count). The van der Waals surface area contributed by atoms with Gasteiger partial charge in [-0.2, -0.15) is 0 Å². The van der Waals surface area contributed by atoms with E-state index in [2.05, 4.69) is 0 Å². The van der Waals surface area contributed by atoms with Gasteiger partial charge in [0.15, 0.2) is 0 Å². The molecule has 0 bridgehead atoms. The van der Waals surface area contributed by atoms with Gasteiger partial charge in [0, 0.05) is 6.54 Å². The van der Waals surface area contributed by atoms with Gasteiger partial charge in [-0.1, -0.05) is 0 Å². The van der Waals surface area contributed by atoms with Gasteiger partial charge in [-0.15, -0.1) is 11.6 Å². The van der Waals surface area contributed by atoms with E-state index in [0.29, 0.717) is 0 Å². The second-order valence-corrected chi connectivity index (χ2v) is 2.66. The van der Waals surface area contributed by atoms with Gasteiger partial charge >= 0.3 is 0 Å². The largest absolute Gasteiger partial charge is 0.395 e. The van der Waals surface area contributed by atoms with Crippen molar-refractivity contribution >= 4 is 11.6 Å². The molecule has 1 N–H and O–H groups in total. The third-order valence-electron chi connectivity index (χ3n) is 0.761. The summed E-state index contributed by atoms with van der Waals surface area (Å²) >= 11 is 5.57. The monoisotopic (exact) mass is 137 g/mol. The molecule has 2 nitrogen and oxygen atoms in total. The van der Waals surface area contributed by atoms with E-state index in [4.69, 9.17) is 16.7 Å². The Kier molecular flexibility index (Phi) is 4.23. The highest BCUT2D eigenvalue weighted by Crippen LogP contribution is 1.93. The van der Waals surface area contributed by atoms with Gasteiger partial charge < -0.3 is 10.0 Å². The highest BCUT2D eigenvalue weighted by Gasteiger charge is 2.01. The van der Waals surface area contributed by atoms with Crippen LogP contribution >= 0.6 is 11.6 Å². The number of hydrogen-bond donors (Lipinski definition) is 1. The van der Waals surface area contributed by atoms with E-state index in [-0.39, 0.29) is 12.0 Å². The summed E-state index contributed by atoms with van der Waals surface area (Å²) in [6, 6.07) is 0. The van der Waals surface area contributed by atoms with Crippen LogP contribution in [0.4, 0.5) is 0 Å². The van der Waals surface area contributed by atoms with Crippen molar-refractivity contribution in [1.82, 2.24) is 4.90 Å². The summed E-state index contributed by atoms with van der Waals surface area (Å²) in [5.74, 6) is 0. The van der Waals surface area contributed by atoms with Crippen LogP contribution in [0.3, 0.4) is 0 Å². The number of halogens is 1. The van der Waals surface area contributed by atoms with Crippen molar-refractivity contribution in [3.8, 4) is 0 Å². The van der Waals surface area contributed by atoms with Crippen molar-refractivity contribution in [3.63, 3.8) is 0 Å². The van der Waals surface area contributed by atoms with Crippen LogP contribution in [0.2, 0.25) is 0 Å². The van der Waals surface area contributed by atoms with E-state index in [1.165, 1.54) is 0 Å². The molecule has 0 heterocycles. The maximum Gasteiger partial charge on any atom is 0.0693 e. The van der Waals surface area contributed by atoms with E-state index in [1.54, 1.807) is 0 Å². The van der Waals surface area contributed by atoms with Crippen LogP contribution < -0.4 is 0 Å². The first-order valence-electron chi connectivity index (χ1n) is 2.56. The van der Waals surface area contributed by atoms with Gasteiger partial charge in [-0.25, -0.2) is 0 Å². The van der Waals surface area contributed by atoms with E-state index in [0.717, 1.165) is 6.54 Å². The molecule has 0 spiro atoms. The van der Waals surface area contributed by atoms with Crippen LogP contribution in [0.5, 0.6) is 0 Å². The lowest BCUT2D eigenvalue weighted by Crippen LogP contribution is -2.24. The second kappa shape index (κ2) is 4.13. The topological polar surface area (TPSA) is 23.5 Å². The number of nitrogens with zero attached hydrogens (tertiary/aromatic N) is 1. The van der Waals surface area contributed by atoms with Gasteiger partial charge in [0.1, 0.15) is 0 Å². The molecule has 0 aromatic rings. The molecule has 0 saturated heterocycles. The minimum absolute atomic E-state index is 0.0553. The highest BCUT2D eigenvalue weighted by molar-refractivity contribution is 6.20. The van der Waals surface area contributed by atoms with Gasteiger partial charge in [0.2, 0.25) is 0 Å². The highest BCUT2D eigenvalue weighted by atomic mass is 35.5. The van der Waals surface area contributed by atoms with E-state index in [9.17, 15) is 0 Å². The molecule has 0 radical (unpaired) electrons. The second-order valence-electron chi connectivity index (χ2n) is 2.04. The smallest absolute Gasteiger partial charge is 0.0693 e. The Morgan fingerprint density at radius 1 is 1.62 bits per heavy atom. The fraction of sp³-hybridized carbons (Fsp3) is 1.00. The third-order valence-corrected chi connectivity index (χ3v) is 1.04. The molecule has 3 heteroatoms. The fourth-order valence-electron chi connectivity index (χ4n) is 0.454. The molecular formula is C5H12ClNO. The predicted octanol–water partition coefficient (Wildman–Crippen LogP) is 0.148. The van der Waals surface area contributed by atoms with Crippen LogP contribution in [0.1, 0.15) is 0 Å². The molecule has 0 aromatic carbocycles. The van der Waals surface area contributed by atoms with E-state index < -0.39 is 0 Å². The average molecular weight is 138 g/mol. The first-order chi connectivity index (χ1) is 3.66. The Morgan fingerprint density at radius 2 is 2.12 bits per heavy atom. The van der Waals surface area contributed by atoms with Crippen LogP contribution in [0.15, 0.2) is 0 Å². The fourth-order valence-corrected chi connectivity index (χ4v) is 0.730. The zero-order valence-corrected chi connectivity index (χ0v) is 6.02. The van der Waals surface area contributed by atoms with E-state index in [1.807, 2.05) is 19.0 Å². The Morgan fingerprint density at radius 3 is 2.25 bits per heavy atom. The summed E-state index contributed by atoms with van der Waals surface area (Å²) in [6.07, 6.45) is 0. The van der Waals surface area contributed by atoms with Crippen molar-refractivity contribution in [3.05, 3.63) is 0 Å². The SMILES string of the molecule is CN(C)CC(Cl)CO. The third kappa shape index (κ3) is 4.37. The van der Waals surface area contributed by atoms with Gasteiger partial charge in [0.05, 0.1) is 12.0 Å². The number of aliphatic hydroxyl groups is 1. The van der Waals surface area contributed by atoms with Crippen LogP contribution in [0.25, 0.3) is 0 Å². The van der Waals surface area contributed by atoms with Crippen molar-refractivity contribution in [2.45, 2.75) is 5.38 Å². The summed E-state index contributed by atoms with van der Waals surface area (Å²) < 4.78 is 0. The predicted molar refractivity (Wildman–Crippen MR) is 35.3 cm³/mol. The van der Waals surface area contributed by atoms with Crippen molar-refractivity contribution in [2.75, 3.05) is 27.2 Å². The number of alkyl halides is 1. The lowest BCUT2D eigenvalue weighted by molar-refractivity contribution is 0.267. The van der Waals surface area contributed by atoms with Gasteiger partial charge in [-0.05, 0) is 14.1 Å². The van der Waals surface area contributed by atoms with E-state index >= 15 is 0 Å². The molecule has 1 unspecified atom stereocenters. The van der Waals surface area contributed by atoms with Crippen molar-refractivity contribution in [2.24, 2.45) is 0 Å². The quantitative estimate of drug-likeness (QED) is 0.560. The molecule has 0 saturated carbocycles. The summed E-state index contributed by atoms with van der Waals surface area (Å²) in [5, 5.41) is 8.30. The Balaban J connectivity index is 3.10. The molecule has 0 aromatic heterocycles. The number of hydrogen-bond acceptors (Lipinski definition) is 2.